The summed E-state index contributed by atoms with van der Waals surface area (Å²) in [5.74, 6) is 5.28. The minimum atomic E-state index is 0. The Morgan fingerprint density at radius 1 is 1.57 bits per heavy atom. The highest BCUT2D eigenvalue weighted by Crippen LogP contribution is 1.86. The molecule has 0 aromatic carbocycles. The van der Waals surface area contributed by atoms with E-state index in [1.54, 1.807) is 0 Å². The Balaban J connectivity index is 0. The van der Waals surface area contributed by atoms with Crippen LogP contribution in [0.1, 0.15) is 13.8 Å². The second kappa shape index (κ2) is 6.21. The largest absolute Gasteiger partial charge is 0.304 e. The summed E-state index contributed by atoms with van der Waals surface area (Å²) in [5, 5.41) is 0. The number of hydrogen-bond donors (Lipinski definition) is 1. The molecule has 0 saturated heterocycles. The summed E-state index contributed by atoms with van der Waals surface area (Å²) in [7, 11) is 0. The maximum atomic E-state index is 4.73. The van der Waals surface area contributed by atoms with Gasteiger partial charge in [0.25, 0.3) is 0 Å². The van der Waals surface area contributed by atoms with Crippen molar-refractivity contribution in [2.75, 3.05) is 6.61 Å². The molecule has 0 atom stereocenters. The third kappa shape index (κ3) is 10.7. The van der Waals surface area contributed by atoms with Crippen molar-refractivity contribution in [1.29, 1.82) is 0 Å². The van der Waals surface area contributed by atoms with Gasteiger partial charge in [0.1, 0.15) is 0 Å². The van der Waals surface area contributed by atoms with Gasteiger partial charge in [-0.05, 0) is 5.92 Å². The van der Waals surface area contributed by atoms with Crippen molar-refractivity contribution in [3.63, 3.8) is 0 Å². The molecule has 2 N–H and O–H groups in total. The van der Waals surface area contributed by atoms with Gasteiger partial charge in [0.15, 0.2) is 0 Å². The molecule has 0 radical (unpaired) electrons. The molecule has 3 heteroatoms. The third-order valence-electron chi connectivity index (χ3n) is 0.430. The van der Waals surface area contributed by atoms with Crippen molar-refractivity contribution in [2.45, 2.75) is 13.8 Å². The van der Waals surface area contributed by atoms with Gasteiger partial charge in [-0.2, -0.15) is 0 Å². The van der Waals surface area contributed by atoms with Crippen LogP contribution in [-0.4, -0.2) is 6.61 Å². The summed E-state index contributed by atoms with van der Waals surface area (Å²) in [4.78, 5) is 4.30. The van der Waals surface area contributed by atoms with Crippen molar-refractivity contribution < 1.29 is 4.84 Å². The maximum absolute atomic E-state index is 4.73. The highest BCUT2D eigenvalue weighted by atomic mass is 35.5. The predicted molar refractivity (Wildman–Crippen MR) is 32.2 cm³/mol. The molecule has 0 aromatic rings. The summed E-state index contributed by atoms with van der Waals surface area (Å²) in [5.41, 5.74) is 0. The Kier molecular flexibility index (Phi) is 9.09. The Morgan fingerprint density at radius 2 is 2.00 bits per heavy atom. The van der Waals surface area contributed by atoms with Crippen LogP contribution in [0.3, 0.4) is 0 Å². The van der Waals surface area contributed by atoms with E-state index in [0.29, 0.717) is 12.5 Å². The van der Waals surface area contributed by atoms with E-state index in [1.165, 1.54) is 0 Å². The predicted octanol–water partition coefficient (Wildman–Crippen LogP) is 0.954. The normalized spacial score (nSPS) is 8.57. The third-order valence-corrected chi connectivity index (χ3v) is 0.430. The van der Waals surface area contributed by atoms with Crippen LogP contribution >= 0.6 is 12.4 Å². The van der Waals surface area contributed by atoms with Crippen molar-refractivity contribution >= 4 is 12.4 Å². The van der Waals surface area contributed by atoms with E-state index in [0.717, 1.165) is 0 Å². The van der Waals surface area contributed by atoms with Crippen LogP contribution in [0.5, 0.6) is 0 Å². The van der Waals surface area contributed by atoms with Gasteiger partial charge < -0.3 is 4.84 Å². The average Bonchev–Trinajstić information content (AvgIpc) is 1.35. The van der Waals surface area contributed by atoms with Gasteiger partial charge >= 0.3 is 0 Å². The Labute approximate surface area is 50.4 Å². The molecule has 0 aromatic heterocycles. The fourth-order valence-electron chi connectivity index (χ4n) is 0.192. The number of hydrogen-bond acceptors (Lipinski definition) is 2. The summed E-state index contributed by atoms with van der Waals surface area (Å²) in [6.45, 7) is 4.75. The van der Waals surface area contributed by atoms with Gasteiger partial charge in [-0.25, -0.2) is 5.90 Å². The van der Waals surface area contributed by atoms with E-state index in [2.05, 4.69) is 4.84 Å². The van der Waals surface area contributed by atoms with E-state index in [9.17, 15) is 0 Å². The second-order valence-electron chi connectivity index (χ2n) is 1.73. The van der Waals surface area contributed by atoms with Gasteiger partial charge in [0.05, 0.1) is 6.61 Å². The molecule has 0 heterocycles. The SMILES string of the molecule is CC(C)CON.Cl. The average molecular weight is 126 g/mol. The standard InChI is InChI=1S/C4H11NO.ClH/c1-4(2)3-6-5;/h4H,3,5H2,1-2H3;1H. The molecule has 0 aliphatic heterocycles. The molecule has 0 bridgehead atoms. The summed E-state index contributed by atoms with van der Waals surface area (Å²) in [6, 6.07) is 0. The second-order valence-corrected chi connectivity index (χ2v) is 1.73. The number of halogens is 1. The zero-order valence-corrected chi connectivity index (χ0v) is 5.49. The quantitative estimate of drug-likeness (QED) is 0.558. The molecule has 0 spiro atoms. The zero-order valence-electron chi connectivity index (χ0n) is 4.68. The highest BCUT2D eigenvalue weighted by Gasteiger charge is 1.86. The molecule has 0 rings (SSSR count). The molecule has 0 fully saturated rings. The van der Waals surface area contributed by atoms with E-state index in [-0.39, 0.29) is 12.4 Å². The maximum Gasteiger partial charge on any atom is 0.0702 e. The molecule has 0 aliphatic rings. The molecule has 0 saturated carbocycles. The van der Waals surface area contributed by atoms with Crippen molar-refractivity contribution in [3.8, 4) is 0 Å². The van der Waals surface area contributed by atoms with Gasteiger partial charge in [0.2, 0.25) is 0 Å². The van der Waals surface area contributed by atoms with Crippen LogP contribution in [0, 0.1) is 5.92 Å². The van der Waals surface area contributed by atoms with Gasteiger partial charge in [-0.1, -0.05) is 13.8 Å². The minimum absolute atomic E-state index is 0. The van der Waals surface area contributed by atoms with E-state index >= 15 is 0 Å². The van der Waals surface area contributed by atoms with Gasteiger partial charge in [-0.15, -0.1) is 12.4 Å². The molecule has 2 nitrogen and oxygen atoms in total. The molecule has 0 amide bonds. The van der Waals surface area contributed by atoms with Crippen LogP contribution < -0.4 is 5.90 Å². The van der Waals surface area contributed by atoms with Crippen LogP contribution in [0.25, 0.3) is 0 Å². The fraction of sp³-hybridized carbons (Fsp3) is 1.00. The number of nitrogens with two attached hydrogens (primary N) is 1. The Bertz CT molecular complexity index is 32.9. The first-order valence-electron chi connectivity index (χ1n) is 2.09. The summed E-state index contributed by atoms with van der Waals surface area (Å²) < 4.78 is 0. The van der Waals surface area contributed by atoms with E-state index < -0.39 is 0 Å². The van der Waals surface area contributed by atoms with Crippen molar-refractivity contribution in [2.24, 2.45) is 11.8 Å². The van der Waals surface area contributed by atoms with Gasteiger partial charge in [0, 0.05) is 0 Å². The molecular formula is C4H12ClNO. The number of rotatable bonds is 2. The monoisotopic (exact) mass is 125 g/mol. The molecule has 7 heavy (non-hydrogen) atoms. The highest BCUT2D eigenvalue weighted by molar-refractivity contribution is 5.85. The van der Waals surface area contributed by atoms with Crippen LogP contribution in [-0.2, 0) is 4.84 Å². The molecular weight excluding hydrogens is 114 g/mol. The first-order valence-corrected chi connectivity index (χ1v) is 2.09. The minimum Gasteiger partial charge on any atom is -0.304 e. The Hall–Kier alpha value is 0.210. The lowest BCUT2D eigenvalue weighted by molar-refractivity contribution is 0.112. The first-order chi connectivity index (χ1) is 2.77. The lowest BCUT2D eigenvalue weighted by atomic mass is 10.2. The van der Waals surface area contributed by atoms with Crippen LogP contribution in [0.2, 0.25) is 0 Å². The Morgan fingerprint density at radius 3 is 2.00 bits per heavy atom. The lowest BCUT2D eigenvalue weighted by Crippen LogP contribution is -2.05. The van der Waals surface area contributed by atoms with Crippen LogP contribution in [0.15, 0.2) is 0 Å². The van der Waals surface area contributed by atoms with Crippen molar-refractivity contribution in [3.05, 3.63) is 0 Å². The smallest absolute Gasteiger partial charge is 0.0702 e. The van der Waals surface area contributed by atoms with E-state index in [1.807, 2.05) is 13.8 Å². The van der Waals surface area contributed by atoms with Crippen LogP contribution in [0.4, 0.5) is 0 Å². The zero-order chi connectivity index (χ0) is 4.99. The summed E-state index contributed by atoms with van der Waals surface area (Å²) >= 11 is 0. The molecule has 0 aliphatic carbocycles. The molecule has 0 unspecified atom stereocenters. The first kappa shape index (κ1) is 10.2. The molecule has 46 valence electrons. The lowest BCUT2D eigenvalue weighted by Gasteiger charge is -1.96. The van der Waals surface area contributed by atoms with E-state index in [4.69, 9.17) is 5.90 Å². The fourth-order valence-corrected chi connectivity index (χ4v) is 0.192. The topological polar surface area (TPSA) is 35.2 Å². The van der Waals surface area contributed by atoms with Crippen molar-refractivity contribution in [1.82, 2.24) is 0 Å². The summed E-state index contributed by atoms with van der Waals surface area (Å²) in [6.07, 6.45) is 0. The van der Waals surface area contributed by atoms with Gasteiger partial charge in [-0.3, -0.25) is 0 Å².